The van der Waals surface area contributed by atoms with Gasteiger partial charge in [0.1, 0.15) is 6.04 Å². The normalized spacial score (nSPS) is 12.5. The van der Waals surface area contributed by atoms with Crippen molar-refractivity contribution in [3.05, 3.63) is 58.3 Å². The number of benzene rings is 1. The van der Waals surface area contributed by atoms with Crippen LogP contribution < -0.4 is 5.73 Å². The van der Waals surface area contributed by atoms with Crippen molar-refractivity contribution in [3.63, 3.8) is 0 Å². The van der Waals surface area contributed by atoms with Gasteiger partial charge in [0.15, 0.2) is 0 Å². The van der Waals surface area contributed by atoms with Gasteiger partial charge in [0.2, 0.25) is 0 Å². The number of unbranched alkanes of at least 4 members (excludes halogenated alkanes) is 1. The molecule has 0 amide bonds. The Morgan fingerprint density at radius 2 is 1.82 bits per heavy atom. The number of hydrogen-bond acceptors (Lipinski definition) is 1. The van der Waals surface area contributed by atoms with Crippen molar-refractivity contribution in [2.24, 2.45) is 0 Å². The van der Waals surface area contributed by atoms with E-state index in [2.05, 4.69) is 53.6 Å². The summed E-state index contributed by atoms with van der Waals surface area (Å²) in [6, 6.07) is 15.4. The van der Waals surface area contributed by atoms with Gasteiger partial charge in [0.05, 0.1) is 0 Å². The smallest absolute Gasteiger partial charge is 0.110 e. The third-order valence-corrected chi connectivity index (χ3v) is 4.01. The van der Waals surface area contributed by atoms with E-state index < -0.39 is 0 Å². The lowest BCUT2D eigenvalue weighted by Gasteiger charge is -2.08. The molecule has 0 fully saturated rings. The molecule has 0 spiro atoms. The van der Waals surface area contributed by atoms with E-state index in [0.29, 0.717) is 6.04 Å². The van der Waals surface area contributed by atoms with Gasteiger partial charge in [-0.15, -0.1) is 11.3 Å². The van der Waals surface area contributed by atoms with E-state index in [9.17, 15) is 0 Å². The summed E-state index contributed by atoms with van der Waals surface area (Å²) in [5.41, 5.74) is 5.61. The molecule has 1 aromatic heterocycles. The second-order valence-electron chi connectivity index (χ2n) is 4.43. The number of quaternary nitrogens is 1. The topological polar surface area (TPSA) is 27.6 Å². The third kappa shape index (κ3) is 3.99. The van der Waals surface area contributed by atoms with Gasteiger partial charge in [-0.2, -0.15) is 0 Å². The van der Waals surface area contributed by atoms with E-state index >= 15 is 0 Å². The molecule has 0 aliphatic heterocycles. The molecule has 2 aromatic rings. The maximum Gasteiger partial charge on any atom is 0.110 e. The lowest BCUT2D eigenvalue weighted by molar-refractivity contribution is -0.428. The molecule has 17 heavy (non-hydrogen) atoms. The molecule has 2 heteroatoms. The highest BCUT2D eigenvalue weighted by Gasteiger charge is 2.08. The van der Waals surface area contributed by atoms with Crippen LogP contribution in [0.3, 0.4) is 0 Å². The van der Waals surface area contributed by atoms with Crippen molar-refractivity contribution >= 4 is 11.3 Å². The number of hydrogen-bond donors (Lipinski definition) is 1. The molecule has 1 nitrogen and oxygen atoms in total. The van der Waals surface area contributed by atoms with Gasteiger partial charge in [0.25, 0.3) is 0 Å². The van der Waals surface area contributed by atoms with E-state index in [0.717, 1.165) is 0 Å². The van der Waals surface area contributed by atoms with Crippen LogP contribution in [0.2, 0.25) is 0 Å². The summed E-state index contributed by atoms with van der Waals surface area (Å²) in [6.45, 7) is 0. The zero-order chi connectivity index (χ0) is 11.9. The minimum atomic E-state index is 0.444. The summed E-state index contributed by atoms with van der Waals surface area (Å²) >= 11 is 1.86. The summed E-state index contributed by atoms with van der Waals surface area (Å²) in [5, 5.41) is 2.16. The molecule has 1 atom stereocenters. The highest BCUT2D eigenvalue weighted by molar-refractivity contribution is 7.09. The quantitative estimate of drug-likeness (QED) is 0.756. The Kier molecular flexibility index (Phi) is 4.77. The molecule has 1 heterocycles. The van der Waals surface area contributed by atoms with Gasteiger partial charge in [-0.05, 0) is 30.7 Å². The Hall–Kier alpha value is -1.12. The molecule has 90 valence electrons. The van der Waals surface area contributed by atoms with Crippen LogP contribution in [0, 0.1) is 0 Å². The average molecular weight is 246 g/mol. The van der Waals surface area contributed by atoms with Gasteiger partial charge >= 0.3 is 0 Å². The summed E-state index contributed by atoms with van der Waals surface area (Å²) in [7, 11) is 0. The second kappa shape index (κ2) is 6.58. The molecule has 0 radical (unpaired) electrons. The van der Waals surface area contributed by atoms with Crippen LogP contribution in [0.25, 0.3) is 0 Å². The van der Waals surface area contributed by atoms with Crippen molar-refractivity contribution in [2.45, 2.75) is 31.7 Å². The zero-order valence-corrected chi connectivity index (χ0v) is 11.0. The van der Waals surface area contributed by atoms with Crippen molar-refractivity contribution < 1.29 is 5.73 Å². The summed E-state index contributed by atoms with van der Waals surface area (Å²) in [6.07, 6.45) is 4.95. The monoisotopic (exact) mass is 246 g/mol. The highest BCUT2D eigenvalue weighted by atomic mass is 32.1. The lowest BCUT2D eigenvalue weighted by atomic mass is 10.0. The fourth-order valence-electron chi connectivity index (χ4n) is 2.04. The van der Waals surface area contributed by atoms with Crippen LogP contribution in [0.4, 0.5) is 0 Å². The predicted molar refractivity (Wildman–Crippen MR) is 73.9 cm³/mol. The molecule has 0 aliphatic carbocycles. The van der Waals surface area contributed by atoms with Crippen molar-refractivity contribution in [2.75, 3.05) is 0 Å². The van der Waals surface area contributed by atoms with Crippen LogP contribution in [0.15, 0.2) is 47.8 Å². The van der Waals surface area contributed by atoms with E-state index in [1.165, 1.54) is 36.1 Å². The molecule has 2 rings (SSSR count). The van der Waals surface area contributed by atoms with Crippen LogP contribution >= 0.6 is 11.3 Å². The van der Waals surface area contributed by atoms with E-state index in [-0.39, 0.29) is 0 Å². The molecule has 3 N–H and O–H groups in total. The Morgan fingerprint density at radius 1 is 1.00 bits per heavy atom. The van der Waals surface area contributed by atoms with Crippen LogP contribution in [-0.2, 0) is 6.42 Å². The van der Waals surface area contributed by atoms with Crippen LogP contribution in [0.5, 0.6) is 0 Å². The zero-order valence-electron chi connectivity index (χ0n) is 10.1. The maximum absolute atomic E-state index is 4.25. The molecule has 1 unspecified atom stereocenters. The van der Waals surface area contributed by atoms with E-state index in [1.54, 1.807) is 0 Å². The molecule has 0 saturated heterocycles. The Labute approximate surface area is 107 Å². The average Bonchev–Trinajstić information content (AvgIpc) is 2.88. The van der Waals surface area contributed by atoms with E-state index in [4.69, 9.17) is 0 Å². The summed E-state index contributed by atoms with van der Waals surface area (Å²) in [4.78, 5) is 1.50. The SMILES string of the molecule is [NH3+]C(CCCCc1cccs1)c1ccccc1. The molecule has 0 aliphatic rings. The number of aryl methyl sites for hydroxylation is 1. The molecule has 0 saturated carbocycles. The first-order valence-corrected chi connectivity index (χ1v) is 7.14. The van der Waals surface area contributed by atoms with Gasteiger partial charge in [-0.1, -0.05) is 36.4 Å². The van der Waals surface area contributed by atoms with Crippen LogP contribution in [-0.4, -0.2) is 0 Å². The van der Waals surface area contributed by atoms with Crippen molar-refractivity contribution in [1.29, 1.82) is 0 Å². The summed E-state index contributed by atoms with van der Waals surface area (Å²) in [5.74, 6) is 0. The number of rotatable bonds is 6. The maximum atomic E-state index is 4.25. The third-order valence-electron chi connectivity index (χ3n) is 3.08. The highest BCUT2D eigenvalue weighted by Crippen LogP contribution is 2.17. The predicted octanol–water partition coefficient (Wildman–Crippen LogP) is 3.44. The van der Waals surface area contributed by atoms with Crippen molar-refractivity contribution in [1.82, 2.24) is 0 Å². The van der Waals surface area contributed by atoms with Gasteiger partial charge in [-0.3, -0.25) is 0 Å². The fraction of sp³-hybridized carbons (Fsp3) is 0.333. The van der Waals surface area contributed by atoms with Crippen molar-refractivity contribution in [3.8, 4) is 0 Å². The lowest BCUT2D eigenvalue weighted by Crippen LogP contribution is -2.53. The first kappa shape index (κ1) is 12.3. The first-order valence-electron chi connectivity index (χ1n) is 6.26. The molecule has 0 bridgehead atoms. The standard InChI is InChI=1S/C15H19NS/c16-15(13-7-2-1-3-8-13)11-5-4-9-14-10-6-12-17-14/h1-3,6-8,10,12,15H,4-5,9,11,16H2/p+1. The Balaban J connectivity index is 1.68. The largest absolute Gasteiger partial charge is 0.351 e. The minimum absolute atomic E-state index is 0.444. The minimum Gasteiger partial charge on any atom is -0.351 e. The summed E-state index contributed by atoms with van der Waals surface area (Å²) < 4.78 is 0. The number of thiophene rings is 1. The van der Waals surface area contributed by atoms with Crippen LogP contribution in [0.1, 0.15) is 35.7 Å². The second-order valence-corrected chi connectivity index (χ2v) is 5.46. The Morgan fingerprint density at radius 3 is 2.53 bits per heavy atom. The first-order chi connectivity index (χ1) is 8.36. The Bertz CT molecular complexity index is 408. The molecular formula is C15H20NS+. The van der Waals surface area contributed by atoms with Gasteiger partial charge in [-0.25, -0.2) is 0 Å². The molecular weight excluding hydrogens is 226 g/mol. The fourth-order valence-corrected chi connectivity index (χ4v) is 2.79. The van der Waals surface area contributed by atoms with E-state index in [1.807, 2.05) is 11.3 Å². The molecule has 1 aromatic carbocycles. The van der Waals surface area contributed by atoms with Gasteiger partial charge < -0.3 is 5.73 Å². The van der Waals surface area contributed by atoms with Gasteiger partial charge in [0, 0.05) is 16.9 Å².